The van der Waals surface area contributed by atoms with E-state index in [4.69, 9.17) is 4.42 Å². The predicted octanol–water partition coefficient (Wildman–Crippen LogP) is 3.34. The average Bonchev–Trinajstić information content (AvgIpc) is 2.86. The van der Waals surface area contributed by atoms with Crippen LogP contribution in [0.5, 0.6) is 0 Å². The molecule has 1 aliphatic carbocycles. The van der Waals surface area contributed by atoms with Gasteiger partial charge in [0, 0.05) is 18.2 Å². The number of hydrogen-bond acceptors (Lipinski definition) is 2. The monoisotopic (exact) mass is 207 g/mol. The van der Waals surface area contributed by atoms with Crippen LogP contribution in [0, 0.1) is 5.92 Å². The van der Waals surface area contributed by atoms with Crippen LogP contribution in [0.1, 0.15) is 44.6 Å². The van der Waals surface area contributed by atoms with E-state index < -0.39 is 0 Å². The first-order valence-electron chi connectivity index (χ1n) is 6.09. The van der Waals surface area contributed by atoms with E-state index >= 15 is 0 Å². The highest BCUT2D eigenvalue weighted by Gasteiger charge is 2.17. The largest absolute Gasteiger partial charge is 0.472 e. The van der Waals surface area contributed by atoms with E-state index in [0.29, 0.717) is 6.04 Å². The van der Waals surface area contributed by atoms with Gasteiger partial charge in [0.15, 0.2) is 0 Å². The molecule has 0 radical (unpaired) electrons. The van der Waals surface area contributed by atoms with Gasteiger partial charge in [0.05, 0.1) is 12.5 Å². The molecule has 1 N–H and O–H groups in total. The summed E-state index contributed by atoms with van der Waals surface area (Å²) in [7, 11) is 0. The molecular weight excluding hydrogens is 186 g/mol. The Hall–Kier alpha value is -0.760. The molecule has 84 valence electrons. The fourth-order valence-electron chi connectivity index (χ4n) is 2.51. The second kappa shape index (κ2) is 5.36. The Morgan fingerprint density at radius 1 is 1.47 bits per heavy atom. The maximum Gasteiger partial charge on any atom is 0.0947 e. The van der Waals surface area contributed by atoms with E-state index in [1.807, 2.05) is 12.3 Å². The Balaban J connectivity index is 1.66. The Morgan fingerprint density at radius 3 is 2.93 bits per heavy atom. The average molecular weight is 207 g/mol. The quantitative estimate of drug-likeness (QED) is 0.801. The zero-order chi connectivity index (χ0) is 10.5. The molecule has 1 fully saturated rings. The predicted molar refractivity (Wildman–Crippen MR) is 61.6 cm³/mol. The molecule has 0 saturated heterocycles. The molecule has 1 heterocycles. The molecule has 0 bridgehead atoms. The molecule has 1 aliphatic rings. The van der Waals surface area contributed by atoms with E-state index in [1.165, 1.54) is 37.7 Å². The fourth-order valence-corrected chi connectivity index (χ4v) is 2.51. The van der Waals surface area contributed by atoms with Crippen LogP contribution >= 0.6 is 0 Å². The van der Waals surface area contributed by atoms with E-state index in [1.54, 1.807) is 6.26 Å². The van der Waals surface area contributed by atoms with E-state index in [2.05, 4.69) is 12.2 Å². The molecule has 1 aromatic heterocycles. The van der Waals surface area contributed by atoms with Gasteiger partial charge >= 0.3 is 0 Å². The summed E-state index contributed by atoms with van der Waals surface area (Å²) in [4.78, 5) is 0. The third-order valence-corrected chi connectivity index (χ3v) is 3.40. The van der Waals surface area contributed by atoms with Gasteiger partial charge in [0.2, 0.25) is 0 Å². The molecule has 0 amide bonds. The van der Waals surface area contributed by atoms with Crippen molar-refractivity contribution in [2.24, 2.45) is 5.92 Å². The Bertz CT molecular complexity index is 262. The highest BCUT2D eigenvalue weighted by atomic mass is 16.3. The van der Waals surface area contributed by atoms with Gasteiger partial charge in [-0.05, 0) is 25.3 Å². The van der Waals surface area contributed by atoms with Crippen molar-refractivity contribution in [1.82, 2.24) is 5.32 Å². The topological polar surface area (TPSA) is 25.2 Å². The molecule has 1 saturated carbocycles. The number of nitrogens with one attached hydrogen (secondary N) is 1. The van der Waals surface area contributed by atoms with Gasteiger partial charge < -0.3 is 9.73 Å². The standard InChI is InChI=1S/C13H21NO/c1-11(8-12-4-2-3-5-12)14-9-13-6-7-15-10-13/h6-7,10-12,14H,2-5,8-9H2,1H3. The molecule has 1 aromatic rings. The van der Waals surface area contributed by atoms with Crippen molar-refractivity contribution in [1.29, 1.82) is 0 Å². The lowest BCUT2D eigenvalue weighted by Gasteiger charge is -2.17. The molecule has 0 aliphatic heterocycles. The summed E-state index contributed by atoms with van der Waals surface area (Å²) in [5.74, 6) is 0.969. The summed E-state index contributed by atoms with van der Waals surface area (Å²) < 4.78 is 5.04. The molecule has 0 aromatic carbocycles. The highest BCUT2D eigenvalue weighted by Crippen LogP contribution is 2.28. The van der Waals surface area contributed by atoms with Gasteiger partial charge in [-0.2, -0.15) is 0 Å². The van der Waals surface area contributed by atoms with Gasteiger partial charge in [-0.15, -0.1) is 0 Å². The normalized spacial score (nSPS) is 19.5. The molecule has 2 heteroatoms. The molecule has 1 unspecified atom stereocenters. The van der Waals surface area contributed by atoms with Gasteiger partial charge in [-0.25, -0.2) is 0 Å². The van der Waals surface area contributed by atoms with Crippen LogP contribution in [0.4, 0.5) is 0 Å². The summed E-state index contributed by atoms with van der Waals surface area (Å²) >= 11 is 0. The van der Waals surface area contributed by atoms with Crippen LogP contribution in [-0.4, -0.2) is 6.04 Å². The van der Waals surface area contributed by atoms with Crippen molar-refractivity contribution in [3.8, 4) is 0 Å². The zero-order valence-electron chi connectivity index (χ0n) is 9.54. The molecule has 2 nitrogen and oxygen atoms in total. The van der Waals surface area contributed by atoms with Crippen molar-refractivity contribution >= 4 is 0 Å². The number of furan rings is 1. The zero-order valence-corrected chi connectivity index (χ0v) is 9.54. The van der Waals surface area contributed by atoms with E-state index in [9.17, 15) is 0 Å². The van der Waals surface area contributed by atoms with Crippen molar-refractivity contribution in [2.45, 2.75) is 51.6 Å². The third-order valence-electron chi connectivity index (χ3n) is 3.40. The van der Waals surface area contributed by atoms with Gasteiger partial charge in [0.25, 0.3) is 0 Å². The fraction of sp³-hybridized carbons (Fsp3) is 0.692. The summed E-state index contributed by atoms with van der Waals surface area (Å²) in [5, 5.41) is 3.55. The molecule has 1 atom stereocenters. The van der Waals surface area contributed by atoms with Crippen molar-refractivity contribution < 1.29 is 4.42 Å². The first-order chi connectivity index (χ1) is 7.34. The second-order valence-corrected chi connectivity index (χ2v) is 4.80. The Labute approximate surface area is 92.1 Å². The number of rotatable bonds is 5. The minimum absolute atomic E-state index is 0.628. The van der Waals surface area contributed by atoms with Gasteiger partial charge in [0.1, 0.15) is 0 Å². The summed E-state index contributed by atoms with van der Waals surface area (Å²) in [6.45, 7) is 3.22. The summed E-state index contributed by atoms with van der Waals surface area (Å²) in [6, 6.07) is 2.65. The van der Waals surface area contributed by atoms with Crippen LogP contribution in [0.2, 0.25) is 0 Å². The van der Waals surface area contributed by atoms with Gasteiger partial charge in [-0.1, -0.05) is 25.7 Å². The summed E-state index contributed by atoms with van der Waals surface area (Å²) in [5.41, 5.74) is 1.24. The van der Waals surface area contributed by atoms with Crippen LogP contribution in [-0.2, 0) is 6.54 Å². The Kier molecular flexibility index (Phi) is 3.84. The second-order valence-electron chi connectivity index (χ2n) is 4.80. The molecule has 2 rings (SSSR count). The Morgan fingerprint density at radius 2 is 2.27 bits per heavy atom. The van der Waals surface area contributed by atoms with Gasteiger partial charge in [-0.3, -0.25) is 0 Å². The maximum absolute atomic E-state index is 5.04. The van der Waals surface area contributed by atoms with Crippen molar-refractivity contribution in [3.63, 3.8) is 0 Å². The van der Waals surface area contributed by atoms with Crippen LogP contribution in [0.25, 0.3) is 0 Å². The third kappa shape index (κ3) is 3.38. The first kappa shape index (κ1) is 10.7. The SMILES string of the molecule is CC(CC1CCCC1)NCc1ccoc1. The molecular formula is C13H21NO. The highest BCUT2D eigenvalue weighted by molar-refractivity contribution is 5.04. The van der Waals surface area contributed by atoms with Crippen molar-refractivity contribution in [3.05, 3.63) is 24.2 Å². The van der Waals surface area contributed by atoms with Crippen LogP contribution in [0.15, 0.2) is 23.0 Å². The van der Waals surface area contributed by atoms with Crippen LogP contribution < -0.4 is 5.32 Å². The lowest BCUT2D eigenvalue weighted by Crippen LogP contribution is -2.27. The van der Waals surface area contributed by atoms with Crippen LogP contribution in [0.3, 0.4) is 0 Å². The first-order valence-corrected chi connectivity index (χ1v) is 6.09. The van der Waals surface area contributed by atoms with E-state index in [-0.39, 0.29) is 0 Å². The van der Waals surface area contributed by atoms with Crippen molar-refractivity contribution in [2.75, 3.05) is 0 Å². The lowest BCUT2D eigenvalue weighted by molar-refractivity contribution is 0.404. The minimum Gasteiger partial charge on any atom is -0.472 e. The molecule has 15 heavy (non-hydrogen) atoms. The smallest absolute Gasteiger partial charge is 0.0947 e. The lowest BCUT2D eigenvalue weighted by atomic mass is 9.99. The minimum atomic E-state index is 0.628. The maximum atomic E-state index is 5.04. The van der Waals surface area contributed by atoms with E-state index in [0.717, 1.165) is 12.5 Å². The number of hydrogen-bond donors (Lipinski definition) is 1. The summed E-state index contributed by atoms with van der Waals surface area (Å²) in [6.07, 6.45) is 10.7. The molecule has 0 spiro atoms.